The van der Waals surface area contributed by atoms with Crippen molar-refractivity contribution in [3.8, 4) is 0 Å². The number of carboxylic acid groups (broad SMARTS) is 1. The Morgan fingerprint density at radius 1 is 1.29 bits per heavy atom. The molecule has 132 valence electrons. The molecule has 0 bridgehead atoms. The molecule has 3 N–H and O–H groups in total. The lowest BCUT2D eigenvalue weighted by Gasteiger charge is -2.29. The van der Waals surface area contributed by atoms with Crippen molar-refractivity contribution in [3.63, 3.8) is 0 Å². The van der Waals surface area contributed by atoms with Crippen molar-refractivity contribution >= 4 is 12.0 Å². The minimum absolute atomic E-state index is 0.00749. The van der Waals surface area contributed by atoms with Crippen LogP contribution in [0.4, 0.5) is 4.79 Å². The van der Waals surface area contributed by atoms with Gasteiger partial charge in [0.25, 0.3) is 0 Å². The van der Waals surface area contributed by atoms with Gasteiger partial charge in [0.05, 0.1) is 12.1 Å². The highest BCUT2D eigenvalue weighted by molar-refractivity contribution is 5.75. The van der Waals surface area contributed by atoms with E-state index in [4.69, 9.17) is 5.11 Å². The van der Waals surface area contributed by atoms with Crippen LogP contribution >= 0.6 is 0 Å². The van der Waals surface area contributed by atoms with E-state index in [0.717, 1.165) is 24.8 Å². The van der Waals surface area contributed by atoms with Gasteiger partial charge in [-0.3, -0.25) is 4.79 Å². The Morgan fingerprint density at radius 3 is 2.58 bits per heavy atom. The van der Waals surface area contributed by atoms with E-state index in [1.54, 1.807) is 11.9 Å². The van der Waals surface area contributed by atoms with Gasteiger partial charge in [-0.05, 0) is 37.7 Å². The third-order valence-corrected chi connectivity index (χ3v) is 4.62. The third kappa shape index (κ3) is 5.23. The van der Waals surface area contributed by atoms with Crippen LogP contribution in [0.25, 0.3) is 0 Å². The molecule has 2 rings (SSSR count). The Balaban J connectivity index is 1.97. The molecule has 1 aliphatic carbocycles. The van der Waals surface area contributed by atoms with Crippen molar-refractivity contribution in [2.24, 2.45) is 0 Å². The number of nitrogens with one attached hydrogen (secondary N) is 1. The second-order valence-electron chi connectivity index (χ2n) is 6.45. The van der Waals surface area contributed by atoms with Crippen LogP contribution in [-0.2, 0) is 11.2 Å². The van der Waals surface area contributed by atoms with Gasteiger partial charge in [-0.1, -0.05) is 30.3 Å². The van der Waals surface area contributed by atoms with Crippen molar-refractivity contribution in [1.82, 2.24) is 10.2 Å². The smallest absolute Gasteiger partial charge is 0.317 e. The molecule has 0 radical (unpaired) electrons. The zero-order chi connectivity index (χ0) is 17.5. The van der Waals surface area contributed by atoms with Gasteiger partial charge in [0, 0.05) is 19.5 Å². The average molecular weight is 334 g/mol. The van der Waals surface area contributed by atoms with E-state index in [9.17, 15) is 14.7 Å². The summed E-state index contributed by atoms with van der Waals surface area (Å²) in [5.41, 5.74) is 1.05. The number of amides is 2. The van der Waals surface area contributed by atoms with Crippen molar-refractivity contribution in [1.29, 1.82) is 0 Å². The fourth-order valence-corrected chi connectivity index (χ4v) is 3.22. The maximum atomic E-state index is 12.5. The number of aliphatic hydroxyl groups excluding tert-OH is 1. The Bertz CT molecular complexity index is 549. The quantitative estimate of drug-likeness (QED) is 0.711. The standard InChI is InChI=1S/C18H26N2O4/c1-20(15-8-5-9-16(15)21)18(24)19-14(10-11-17(22)23)12-13-6-3-2-4-7-13/h2-4,6-7,14-16,21H,5,8-12H2,1H3,(H,19,24)(H,22,23)/t14?,15-,16-/m1/s1. The van der Waals surface area contributed by atoms with Gasteiger partial charge in [0.1, 0.15) is 0 Å². The van der Waals surface area contributed by atoms with Gasteiger partial charge >= 0.3 is 12.0 Å². The first kappa shape index (κ1) is 18.3. The second kappa shape index (κ2) is 8.68. The van der Waals surface area contributed by atoms with Crippen LogP contribution in [0.2, 0.25) is 0 Å². The normalized spacial score (nSPS) is 21.2. The number of hydrogen-bond donors (Lipinski definition) is 3. The minimum Gasteiger partial charge on any atom is -0.481 e. The van der Waals surface area contributed by atoms with Crippen LogP contribution in [0.3, 0.4) is 0 Å². The van der Waals surface area contributed by atoms with Gasteiger partial charge in [0.15, 0.2) is 0 Å². The zero-order valence-electron chi connectivity index (χ0n) is 14.0. The topological polar surface area (TPSA) is 89.9 Å². The third-order valence-electron chi connectivity index (χ3n) is 4.62. The Labute approximate surface area is 142 Å². The van der Waals surface area contributed by atoms with Crippen LogP contribution < -0.4 is 5.32 Å². The highest BCUT2D eigenvalue weighted by atomic mass is 16.4. The molecule has 24 heavy (non-hydrogen) atoms. The first-order valence-corrected chi connectivity index (χ1v) is 8.44. The molecule has 1 aliphatic rings. The summed E-state index contributed by atoms with van der Waals surface area (Å²) in [6.45, 7) is 0. The molecule has 0 aromatic heterocycles. The summed E-state index contributed by atoms with van der Waals surface area (Å²) in [7, 11) is 1.69. The number of rotatable bonds is 7. The van der Waals surface area contributed by atoms with E-state index in [-0.39, 0.29) is 24.5 Å². The lowest BCUT2D eigenvalue weighted by molar-refractivity contribution is -0.137. The van der Waals surface area contributed by atoms with Crippen molar-refractivity contribution in [2.75, 3.05) is 7.05 Å². The fraction of sp³-hybridized carbons (Fsp3) is 0.556. The van der Waals surface area contributed by atoms with Gasteiger partial charge in [0.2, 0.25) is 0 Å². The molecule has 1 aromatic rings. The van der Waals surface area contributed by atoms with E-state index in [1.165, 1.54) is 0 Å². The molecule has 1 fully saturated rings. The number of carboxylic acids is 1. The number of nitrogens with zero attached hydrogens (tertiary/aromatic N) is 1. The van der Waals surface area contributed by atoms with Crippen molar-refractivity contribution in [2.45, 2.75) is 56.7 Å². The number of aliphatic hydroxyl groups is 1. The van der Waals surface area contributed by atoms with E-state index >= 15 is 0 Å². The Kier molecular flexibility index (Phi) is 6.61. The molecule has 1 unspecified atom stereocenters. The van der Waals surface area contributed by atoms with E-state index < -0.39 is 12.1 Å². The number of benzene rings is 1. The molecule has 1 saturated carbocycles. The first-order valence-electron chi connectivity index (χ1n) is 8.44. The summed E-state index contributed by atoms with van der Waals surface area (Å²) < 4.78 is 0. The summed E-state index contributed by atoms with van der Waals surface area (Å²) in [6, 6.07) is 9.02. The van der Waals surface area contributed by atoms with Gasteiger partial charge in [-0.2, -0.15) is 0 Å². The van der Waals surface area contributed by atoms with E-state index in [0.29, 0.717) is 12.8 Å². The van der Waals surface area contributed by atoms with Crippen LogP contribution in [0, 0.1) is 0 Å². The van der Waals surface area contributed by atoms with E-state index in [1.807, 2.05) is 30.3 Å². The number of carbonyl (C=O) groups is 2. The van der Waals surface area contributed by atoms with Crippen LogP contribution in [0.5, 0.6) is 0 Å². The zero-order valence-corrected chi connectivity index (χ0v) is 14.0. The highest BCUT2D eigenvalue weighted by Gasteiger charge is 2.31. The first-order chi connectivity index (χ1) is 11.5. The monoisotopic (exact) mass is 334 g/mol. The molecule has 0 heterocycles. The number of likely N-dealkylation sites (N-methyl/N-ethyl adjacent to an activating group) is 1. The predicted molar refractivity (Wildman–Crippen MR) is 90.7 cm³/mol. The number of aliphatic carboxylic acids is 1. The molecular formula is C18H26N2O4. The summed E-state index contributed by atoms with van der Waals surface area (Å²) in [4.78, 5) is 24.9. The summed E-state index contributed by atoms with van der Waals surface area (Å²) in [5.74, 6) is -0.873. The molecule has 6 nitrogen and oxygen atoms in total. The Hall–Kier alpha value is -2.08. The molecule has 6 heteroatoms. The molecule has 0 saturated heterocycles. The number of urea groups is 1. The summed E-state index contributed by atoms with van der Waals surface area (Å²) in [6.07, 6.45) is 2.91. The van der Waals surface area contributed by atoms with Gasteiger partial charge in [-0.25, -0.2) is 4.79 Å². The van der Waals surface area contributed by atoms with Crippen LogP contribution in [-0.4, -0.2) is 52.3 Å². The molecule has 3 atom stereocenters. The average Bonchev–Trinajstić information content (AvgIpc) is 2.98. The van der Waals surface area contributed by atoms with Crippen molar-refractivity contribution in [3.05, 3.63) is 35.9 Å². The Morgan fingerprint density at radius 2 is 2.00 bits per heavy atom. The molecule has 2 amide bonds. The summed E-state index contributed by atoms with van der Waals surface area (Å²) >= 11 is 0. The summed E-state index contributed by atoms with van der Waals surface area (Å²) in [5, 5.41) is 21.8. The minimum atomic E-state index is -0.873. The maximum Gasteiger partial charge on any atom is 0.317 e. The van der Waals surface area contributed by atoms with Gasteiger partial charge < -0.3 is 20.4 Å². The van der Waals surface area contributed by atoms with Crippen molar-refractivity contribution < 1.29 is 19.8 Å². The highest BCUT2D eigenvalue weighted by Crippen LogP contribution is 2.23. The fourth-order valence-electron chi connectivity index (χ4n) is 3.22. The SMILES string of the molecule is CN(C(=O)NC(CCC(=O)O)Cc1ccccc1)[C@@H]1CCC[C@H]1O. The second-order valence-corrected chi connectivity index (χ2v) is 6.45. The maximum absolute atomic E-state index is 12.5. The molecule has 0 aliphatic heterocycles. The van der Waals surface area contributed by atoms with E-state index in [2.05, 4.69) is 5.32 Å². The van der Waals surface area contributed by atoms with Crippen LogP contribution in [0.15, 0.2) is 30.3 Å². The lowest BCUT2D eigenvalue weighted by Crippen LogP contribution is -2.50. The van der Waals surface area contributed by atoms with Crippen LogP contribution in [0.1, 0.15) is 37.7 Å². The number of carbonyl (C=O) groups excluding carboxylic acids is 1. The lowest BCUT2D eigenvalue weighted by atomic mass is 10.0. The molecule has 1 aromatic carbocycles. The number of hydrogen-bond acceptors (Lipinski definition) is 3. The molecule has 0 spiro atoms. The predicted octanol–water partition coefficient (Wildman–Crippen LogP) is 2.02. The molecular weight excluding hydrogens is 308 g/mol. The van der Waals surface area contributed by atoms with Gasteiger partial charge in [-0.15, -0.1) is 0 Å². The largest absolute Gasteiger partial charge is 0.481 e.